The molecule has 132 valence electrons. The molecule has 0 saturated heterocycles. The van der Waals surface area contributed by atoms with Gasteiger partial charge in [-0.25, -0.2) is 9.59 Å². The van der Waals surface area contributed by atoms with Crippen molar-refractivity contribution < 1.29 is 29.3 Å². The Labute approximate surface area is 157 Å². The Bertz CT molecular complexity index is 799. The van der Waals surface area contributed by atoms with Gasteiger partial charge in [-0.2, -0.15) is 0 Å². The van der Waals surface area contributed by atoms with E-state index in [-0.39, 0.29) is 45.2 Å². The molecule has 0 aliphatic rings. The van der Waals surface area contributed by atoms with Crippen molar-refractivity contribution in [1.82, 2.24) is 0 Å². The fourth-order valence-electron chi connectivity index (χ4n) is 1.87. The Morgan fingerprint density at radius 3 is 1.84 bits per heavy atom. The lowest BCUT2D eigenvalue weighted by Gasteiger charge is -2.12. The normalized spacial score (nSPS) is 10.4. The van der Waals surface area contributed by atoms with Crippen LogP contribution < -0.4 is 9.47 Å². The van der Waals surface area contributed by atoms with Crippen molar-refractivity contribution in [3.63, 3.8) is 0 Å². The summed E-state index contributed by atoms with van der Waals surface area (Å²) in [6.07, 6.45) is 0. The lowest BCUT2D eigenvalue weighted by Crippen LogP contribution is -2.10. The highest BCUT2D eigenvalue weighted by Crippen LogP contribution is 2.34. The molecular weight excluding hydrogens is 395 g/mol. The number of aromatic carboxylic acids is 2. The molecule has 0 aliphatic heterocycles. The molecular formula is C16H11Cl3O6. The zero-order valence-electron chi connectivity index (χ0n) is 12.5. The Morgan fingerprint density at radius 2 is 1.32 bits per heavy atom. The molecule has 0 fully saturated rings. The van der Waals surface area contributed by atoms with Gasteiger partial charge in [0.15, 0.2) is 5.75 Å². The van der Waals surface area contributed by atoms with Crippen molar-refractivity contribution in [3.8, 4) is 11.5 Å². The third-order valence-corrected chi connectivity index (χ3v) is 3.87. The van der Waals surface area contributed by atoms with Crippen LogP contribution in [0.2, 0.25) is 15.1 Å². The minimum absolute atomic E-state index is 0.0469. The van der Waals surface area contributed by atoms with E-state index in [0.29, 0.717) is 5.75 Å². The minimum atomic E-state index is -1.15. The van der Waals surface area contributed by atoms with Crippen LogP contribution in [0, 0.1) is 0 Å². The van der Waals surface area contributed by atoms with Crippen LogP contribution in [0.5, 0.6) is 11.5 Å². The van der Waals surface area contributed by atoms with Crippen LogP contribution in [0.1, 0.15) is 20.7 Å². The number of carboxylic acids is 2. The first-order valence-electron chi connectivity index (χ1n) is 6.80. The van der Waals surface area contributed by atoms with Crippen LogP contribution in [0.25, 0.3) is 0 Å². The standard InChI is InChI=1S/C16H11Cl3O6/c17-10-5-8(15(20)21)1-2-13(10)24-3-4-25-14-11(18)6-9(16(22)23)7-12(14)19/h1-2,5-7H,3-4H2,(H,20,21)(H,22,23). The summed E-state index contributed by atoms with van der Waals surface area (Å²) >= 11 is 17.9. The van der Waals surface area contributed by atoms with Gasteiger partial charge >= 0.3 is 11.9 Å². The summed E-state index contributed by atoms with van der Waals surface area (Å²) in [4.78, 5) is 21.7. The summed E-state index contributed by atoms with van der Waals surface area (Å²) in [6.45, 7) is 0.141. The number of benzene rings is 2. The van der Waals surface area contributed by atoms with E-state index in [1.807, 2.05) is 0 Å². The largest absolute Gasteiger partial charge is 0.488 e. The average molecular weight is 406 g/mol. The fraction of sp³-hybridized carbons (Fsp3) is 0.125. The Hall–Kier alpha value is -2.15. The van der Waals surface area contributed by atoms with Crippen LogP contribution in [-0.2, 0) is 0 Å². The van der Waals surface area contributed by atoms with Crippen LogP contribution >= 0.6 is 34.8 Å². The van der Waals surface area contributed by atoms with E-state index in [0.717, 1.165) is 0 Å². The van der Waals surface area contributed by atoms with E-state index in [9.17, 15) is 9.59 Å². The number of hydrogen-bond acceptors (Lipinski definition) is 4. The number of rotatable bonds is 7. The molecule has 0 spiro atoms. The highest BCUT2D eigenvalue weighted by Gasteiger charge is 2.14. The molecule has 0 atom stereocenters. The summed E-state index contributed by atoms with van der Waals surface area (Å²) < 4.78 is 10.8. The second-order valence-electron chi connectivity index (χ2n) is 4.72. The Kier molecular flexibility index (Phi) is 6.36. The van der Waals surface area contributed by atoms with Gasteiger partial charge < -0.3 is 19.7 Å². The highest BCUT2D eigenvalue weighted by atomic mass is 35.5. The third-order valence-electron chi connectivity index (χ3n) is 3.01. The monoisotopic (exact) mass is 404 g/mol. The molecule has 2 N–H and O–H groups in total. The summed E-state index contributed by atoms with van der Waals surface area (Å²) in [5.74, 6) is -1.80. The van der Waals surface area contributed by atoms with Gasteiger partial charge in [0.05, 0.1) is 26.2 Å². The van der Waals surface area contributed by atoms with E-state index >= 15 is 0 Å². The molecule has 0 radical (unpaired) electrons. The third kappa shape index (κ3) is 4.92. The molecule has 6 nitrogen and oxygen atoms in total. The molecule has 0 unspecified atom stereocenters. The topological polar surface area (TPSA) is 93.1 Å². The first-order valence-corrected chi connectivity index (χ1v) is 7.93. The number of hydrogen-bond donors (Lipinski definition) is 2. The molecule has 0 saturated carbocycles. The van der Waals surface area contributed by atoms with Gasteiger partial charge in [0, 0.05) is 0 Å². The second kappa shape index (κ2) is 8.29. The highest BCUT2D eigenvalue weighted by molar-refractivity contribution is 6.37. The van der Waals surface area contributed by atoms with E-state index in [2.05, 4.69) is 0 Å². The first kappa shape index (κ1) is 19.2. The number of carbonyl (C=O) groups is 2. The summed E-state index contributed by atoms with van der Waals surface area (Å²) in [6, 6.07) is 6.54. The predicted octanol–water partition coefficient (Wildman–Crippen LogP) is 4.50. The van der Waals surface area contributed by atoms with Crippen LogP contribution in [0.15, 0.2) is 30.3 Å². The van der Waals surface area contributed by atoms with Gasteiger partial charge in [-0.3, -0.25) is 0 Å². The first-order chi connectivity index (χ1) is 11.8. The van der Waals surface area contributed by atoms with Gasteiger partial charge in [-0.1, -0.05) is 34.8 Å². The molecule has 0 amide bonds. The number of carboxylic acid groups (broad SMARTS) is 2. The molecule has 2 aromatic rings. The molecule has 9 heteroatoms. The molecule has 0 heterocycles. The SMILES string of the molecule is O=C(O)c1ccc(OCCOc2c(Cl)cc(C(=O)O)cc2Cl)c(Cl)c1. The van der Waals surface area contributed by atoms with Crippen LogP contribution in [-0.4, -0.2) is 35.4 Å². The molecule has 2 rings (SSSR count). The predicted molar refractivity (Wildman–Crippen MR) is 92.8 cm³/mol. The van der Waals surface area contributed by atoms with Crippen molar-refractivity contribution in [2.75, 3.05) is 13.2 Å². The van der Waals surface area contributed by atoms with Gasteiger partial charge in [-0.05, 0) is 30.3 Å². The average Bonchev–Trinajstić information content (AvgIpc) is 2.54. The van der Waals surface area contributed by atoms with Crippen molar-refractivity contribution in [1.29, 1.82) is 0 Å². The van der Waals surface area contributed by atoms with E-state index in [1.165, 1.54) is 30.3 Å². The van der Waals surface area contributed by atoms with E-state index in [4.69, 9.17) is 54.5 Å². The summed E-state index contributed by atoms with van der Waals surface area (Å²) in [7, 11) is 0. The maximum atomic E-state index is 10.9. The van der Waals surface area contributed by atoms with Crippen molar-refractivity contribution in [2.45, 2.75) is 0 Å². The quantitative estimate of drug-likeness (QED) is 0.659. The molecule has 2 aromatic carbocycles. The molecule has 0 bridgehead atoms. The molecule has 0 aliphatic carbocycles. The maximum absolute atomic E-state index is 10.9. The van der Waals surface area contributed by atoms with E-state index < -0.39 is 11.9 Å². The minimum Gasteiger partial charge on any atom is -0.488 e. The van der Waals surface area contributed by atoms with Gasteiger partial charge in [-0.15, -0.1) is 0 Å². The van der Waals surface area contributed by atoms with Crippen molar-refractivity contribution in [2.24, 2.45) is 0 Å². The molecule has 0 aromatic heterocycles. The number of halogens is 3. The van der Waals surface area contributed by atoms with Crippen molar-refractivity contribution in [3.05, 3.63) is 56.5 Å². The zero-order chi connectivity index (χ0) is 18.6. The van der Waals surface area contributed by atoms with Gasteiger partial charge in [0.2, 0.25) is 0 Å². The summed E-state index contributed by atoms with van der Waals surface area (Å²) in [5, 5.41) is 18.1. The Morgan fingerprint density at radius 1 is 0.800 bits per heavy atom. The fourth-order valence-corrected chi connectivity index (χ4v) is 2.70. The second-order valence-corrected chi connectivity index (χ2v) is 5.94. The zero-order valence-corrected chi connectivity index (χ0v) is 14.7. The van der Waals surface area contributed by atoms with Gasteiger partial charge in [0.25, 0.3) is 0 Å². The lowest BCUT2D eigenvalue weighted by atomic mass is 10.2. The molecule has 25 heavy (non-hydrogen) atoms. The van der Waals surface area contributed by atoms with Crippen molar-refractivity contribution >= 4 is 46.7 Å². The van der Waals surface area contributed by atoms with Crippen LogP contribution in [0.4, 0.5) is 0 Å². The Balaban J connectivity index is 1.96. The number of ether oxygens (including phenoxy) is 2. The van der Waals surface area contributed by atoms with Gasteiger partial charge in [0.1, 0.15) is 19.0 Å². The van der Waals surface area contributed by atoms with Crippen LogP contribution in [0.3, 0.4) is 0 Å². The summed E-state index contributed by atoms with van der Waals surface area (Å²) in [5.41, 5.74) is -0.00501. The van der Waals surface area contributed by atoms with E-state index in [1.54, 1.807) is 0 Å². The smallest absolute Gasteiger partial charge is 0.335 e. The lowest BCUT2D eigenvalue weighted by molar-refractivity contribution is 0.0686. The maximum Gasteiger partial charge on any atom is 0.335 e.